The Kier molecular flexibility index (Phi) is 4.79. The number of benzene rings is 2. The van der Waals surface area contributed by atoms with Gasteiger partial charge in [-0.1, -0.05) is 19.3 Å². The fourth-order valence-electron chi connectivity index (χ4n) is 3.75. The fourth-order valence-corrected chi connectivity index (χ4v) is 3.75. The van der Waals surface area contributed by atoms with Crippen LogP contribution in [0.25, 0.3) is 22.4 Å². The zero-order valence-corrected chi connectivity index (χ0v) is 15.0. The maximum atomic E-state index is 13.8. The van der Waals surface area contributed by atoms with Gasteiger partial charge >= 0.3 is 0 Å². The van der Waals surface area contributed by atoms with Crippen molar-refractivity contribution in [1.82, 2.24) is 14.9 Å². The van der Waals surface area contributed by atoms with Crippen LogP contribution in [0.3, 0.4) is 0 Å². The maximum Gasteiger partial charge on any atom is 0.240 e. The lowest BCUT2D eigenvalue weighted by Crippen LogP contribution is -2.38. The van der Waals surface area contributed by atoms with Crippen LogP contribution in [0.2, 0.25) is 0 Å². The molecule has 0 aliphatic heterocycles. The Hall–Kier alpha value is -2.89. The van der Waals surface area contributed by atoms with Gasteiger partial charge in [-0.3, -0.25) is 4.79 Å². The number of nitrogens with one attached hydrogen (secondary N) is 1. The van der Waals surface area contributed by atoms with Crippen molar-refractivity contribution < 1.29 is 14.3 Å². The molecule has 0 unspecified atom stereocenters. The molecule has 1 saturated carbocycles. The molecule has 2 N–H and O–H groups in total. The predicted octanol–water partition coefficient (Wildman–Crippen LogP) is 4.00. The van der Waals surface area contributed by atoms with Gasteiger partial charge in [0.25, 0.3) is 0 Å². The summed E-state index contributed by atoms with van der Waals surface area (Å²) in [7, 11) is 0. The summed E-state index contributed by atoms with van der Waals surface area (Å²) in [6, 6.07) is 11.2. The molecule has 3 aromatic rings. The lowest BCUT2D eigenvalue weighted by molar-refractivity contribution is -0.122. The number of aromatic hydroxyl groups is 1. The molecule has 0 saturated heterocycles. The highest BCUT2D eigenvalue weighted by Crippen LogP contribution is 2.27. The Balaban J connectivity index is 1.68. The molecule has 1 heterocycles. The van der Waals surface area contributed by atoms with E-state index in [4.69, 9.17) is 0 Å². The van der Waals surface area contributed by atoms with E-state index in [2.05, 4.69) is 10.3 Å². The highest BCUT2D eigenvalue weighted by atomic mass is 19.1. The van der Waals surface area contributed by atoms with Crippen LogP contribution in [0.4, 0.5) is 4.39 Å². The zero-order chi connectivity index (χ0) is 18.8. The van der Waals surface area contributed by atoms with Crippen molar-refractivity contribution in [2.75, 3.05) is 0 Å². The maximum absolute atomic E-state index is 13.8. The summed E-state index contributed by atoms with van der Waals surface area (Å²) in [5.74, 6) is 0.274. The van der Waals surface area contributed by atoms with E-state index in [0.717, 1.165) is 31.2 Å². The van der Waals surface area contributed by atoms with Crippen LogP contribution in [-0.2, 0) is 11.3 Å². The number of phenolic OH excluding ortho intramolecular Hbond substituents is 1. The number of hydrogen-bond donors (Lipinski definition) is 2. The number of phenols is 1. The molecule has 140 valence electrons. The Labute approximate surface area is 156 Å². The first-order chi connectivity index (χ1) is 13.1. The van der Waals surface area contributed by atoms with E-state index in [-0.39, 0.29) is 30.1 Å². The standard InChI is InChI=1S/C21H22FN3O2/c22-15-8-11-18-19(12-15)25(13-20(27)23-16-4-2-1-3-5-16)21(24-18)14-6-9-17(26)10-7-14/h6-12,16,26H,1-5,13H2,(H,23,27). The van der Waals surface area contributed by atoms with Gasteiger partial charge in [0.1, 0.15) is 23.9 Å². The van der Waals surface area contributed by atoms with Crippen molar-refractivity contribution in [2.24, 2.45) is 0 Å². The van der Waals surface area contributed by atoms with Gasteiger partial charge in [-0.2, -0.15) is 0 Å². The summed E-state index contributed by atoms with van der Waals surface area (Å²) in [6.07, 6.45) is 5.53. The van der Waals surface area contributed by atoms with E-state index in [0.29, 0.717) is 16.9 Å². The molecule has 6 heteroatoms. The largest absolute Gasteiger partial charge is 0.508 e. The first-order valence-corrected chi connectivity index (χ1v) is 9.35. The minimum atomic E-state index is -0.367. The summed E-state index contributed by atoms with van der Waals surface area (Å²) < 4.78 is 15.6. The highest BCUT2D eigenvalue weighted by molar-refractivity contribution is 5.84. The summed E-state index contributed by atoms with van der Waals surface area (Å²) in [5, 5.41) is 12.6. The molecule has 4 rings (SSSR count). The van der Waals surface area contributed by atoms with Gasteiger partial charge in [-0.25, -0.2) is 9.37 Å². The van der Waals surface area contributed by atoms with Crippen LogP contribution < -0.4 is 5.32 Å². The van der Waals surface area contributed by atoms with Crippen LogP contribution in [0.5, 0.6) is 5.75 Å². The third-order valence-electron chi connectivity index (χ3n) is 5.11. The van der Waals surface area contributed by atoms with Crippen LogP contribution in [0, 0.1) is 5.82 Å². The molecular weight excluding hydrogens is 345 g/mol. The molecule has 0 radical (unpaired) electrons. The average molecular weight is 367 g/mol. The van der Waals surface area contributed by atoms with Crippen LogP contribution in [0.15, 0.2) is 42.5 Å². The third-order valence-corrected chi connectivity index (χ3v) is 5.11. The molecule has 0 bridgehead atoms. The zero-order valence-electron chi connectivity index (χ0n) is 15.0. The summed E-state index contributed by atoms with van der Waals surface area (Å²) >= 11 is 0. The number of aromatic nitrogens is 2. The molecule has 1 fully saturated rings. The average Bonchev–Trinajstić information content (AvgIpc) is 3.01. The Bertz CT molecular complexity index is 959. The number of carbonyl (C=O) groups is 1. The number of hydrogen-bond acceptors (Lipinski definition) is 3. The number of rotatable bonds is 4. The lowest BCUT2D eigenvalue weighted by atomic mass is 9.95. The number of halogens is 1. The first kappa shape index (κ1) is 17.5. The lowest BCUT2D eigenvalue weighted by Gasteiger charge is -2.23. The Morgan fingerprint density at radius 2 is 1.89 bits per heavy atom. The minimum Gasteiger partial charge on any atom is -0.508 e. The number of imidazole rings is 1. The molecule has 1 amide bonds. The van der Waals surface area contributed by atoms with Crippen molar-refractivity contribution in [3.8, 4) is 17.1 Å². The van der Waals surface area contributed by atoms with Gasteiger partial charge in [0, 0.05) is 11.6 Å². The van der Waals surface area contributed by atoms with E-state index in [1.165, 1.54) is 18.6 Å². The quantitative estimate of drug-likeness (QED) is 0.732. The molecular formula is C21H22FN3O2. The normalized spacial score (nSPS) is 15.1. The predicted molar refractivity (Wildman–Crippen MR) is 102 cm³/mol. The Morgan fingerprint density at radius 1 is 1.15 bits per heavy atom. The van der Waals surface area contributed by atoms with Gasteiger partial charge in [-0.05, 0) is 55.3 Å². The summed E-state index contributed by atoms with van der Waals surface area (Å²) in [5.41, 5.74) is 1.97. The topological polar surface area (TPSA) is 67.2 Å². The van der Waals surface area contributed by atoms with Crippen molar-refractivity contribution in [1.29, 1.82) is 0 Å². The van der Waals surface area contributed by atoms with Gasteiger partial charge in [0.15, 0.2) is 0 Å². The minimum absolute atomic E-state index is 0.0761. The number of carbonyl (C=O) groups excluding carboxylic acids is 1. The Morgan fingerprint density at radius 3 is 2.63 bits per heavy atom. The molecule has 2 aromatic carbocycles. The van der Waals surface area contributed by atoms with Crippen molar-refractivity contribution >= 4 is 16.9 Å². The summed E-state index contributed by atoms with van der Waals surface area (Å²) in [6.45, 7) is 0.0761. The van der Waals surface area contributed by atoms with Gasteiger partial charge in [-0.15, -0.1) is 0 Å². The third kappa shape index (κ3) is 3.79. The molecule has 1 aliphatic carbocycles. The SMILES string of the molecule is O=C(Cn1c(-c2ccc(O)cc2)nc2ccc(F)cc21)NC1CCCCC1. The second-order valence-electron chi connectivity index (χ2n) is 7.10. The molecule has 5 nitrogen and oxygen atoms in total. The number of amides is 1. The van der Waals surface area contributed by atoms with Crippen molar-refractivity contribution in [3.05, 3.63) is 48.3 Å². The van der Waals surface area contributed by atoms with Crippen molar-refractivity contribution in [3.63, 3.8) is 0 Å². The van der Waals surface area contributed by atoms with Crippen LogP contribution in [-0.4, -0.2) is 26.6 Å². The van der Waals surface area contributed by atoms with Gasteiger partial charge in [0.2, 0.25) is 5.91 Å². The second-order valence-corrected chi connectivity index (χ2v) is 7.10. The molecule has 0 atom stereocenters. The molecule has 0 spiro atoms. The van der Waals surface area contributed by atoms with Crippen molar-refractivity contribution in [2.45, 2.75) is 44.7 Å². The monoisotopic (exact) mass is 367 g/mol. The number of fused-ring (bicyclic) bond motifs is 1. The fraction of sp³-hybridized carbons (Fsp3) is 0.333. The van der Waals surface area contributed by atoms with E-state index in [1.807, 2.05) is 0 Å². The van der Waals surface area contributed by atoms with E-state index < -0.39 is 0 Å². The van der Waals surface area contributed by atoms with Gasteiger partial charge in [0.05, 0.1) is 11.0 Å². The van der Waals surface area contributed by atoms with E-state index in [9.17, 15) is 14.3 Å². The van der Waals surface area contributed by atoms with Crippen LogP contribution >= 0.6 is 0 Å². The molecule has 27 heavy (non-hydrogen) atoms. The highest BCUT2D eigenvalue weighted by Gasteiger charge is 2.19. The summed E-state index contributed by atoms with van der Waals surface area (Å²) in [4.78, 5) is 17.2. The smallest absolute Gasteiger partial charge is 0.240 e. The molecule has 1 aliphatic rings. The first-order valence-electron chi connectivity index (χ1n) is 9.35. The van der Waals surface area contributed by atoms with Crippen LogP contribution in [0.1, 0.15) is 32.1 Å². The van der Waals surface area contributed by atoms with E-state index in [1.54, 1.807) is 34.9 Å². The van der Waals surface area contributed by atoms with Gasteiger partial charge < -0.3 is 15.0 Å². The van der Waals surface area contributed by atoms with E-state index >= 15 is 0 Å². The number of nitrogens with zero attached hydrogens (tertiary/aromatic N) is 2. The molecule has 1 aromatic heterocycles. The second kappa shape index (κ2) is 7.39.